The Balaban J connectivity index is 1.98. The molecule has 1 aromatic rings. The van der Waals surface area contributed by atoms with Crippen molar-refractivity contribution in [2.24, 2.45) is 0 Å². The van der Waals surface area contributed by atoms with Crippen LogP contribution in [0.2, 0.25) is 0 Å². The Labute approximate surface area is 164 Å². The summed E-state index contributed by atoms with van der Waals surface area (Å²) in [6, 6.07) is 10.8. The summed E-state index contributed by atoms with van der Waals surface area (Å²) in [6.45, 7) is 5.71. The average Bonchev–Trinajstić information content (AvgIpc) is 2.66. The number of likely N-dealkylation sites (tertiary alicyclic amines) is 1. The van der Waals surface area contributed by atoms with Gasteiger partial charge >= 0.3 is 13.2 Å². The fourth-order valence-electron chi connectivity index (χ4n) is 3.20. The van der Waals surface area contributed by atoms with Gasteiger partial charge < -0.3 is 25.0 Å². The molecule has 0 bridgehead atoms. The van der Waals surface area contributed by atoms with Crippen LogP contribution < -0.4 is 5.32 Å². The highest BCUT2D eigenvalue weighted by Crippen LogP contribution is 2.25. The largest absolute Gasteiger partial charge is 0.475 e. The van der Waals surface area contributed by atoms with Crippen LogP contribution in [0.1, 0.15) is 25.3 Å². The molecule has 9 heteroatoms. The molecule has 148 valence electrons. The minimum Gasteiger partial charge on any atom is -0.441 e. The number of benzene rings is 1. The minimum absolute atomic E-state index is 0.130. The van der Waals surface area contributed by atoms with E-state index in [0.29, 0.717) is 19.4 Å². The first-order valence-corrected chi connectivity index (χ1v) is 9.02. The van der Waals surface area contributed by atoms with Gasteiger partial charge in [0.25, 0.3) is 5.91 Å². The van der Waals surface area contributed by atoms with Crippen LogP contribution in [0.4, 0.5) is 4.79 Å². The van der Waals surface area contributed by atoms with Crippen molar-refractivity contribution in [1.82, 2.24) is 10.2 Å². The molecule has 1 fully saturated rings. The molecule has 3 N–H and O–H groups in total. The molecule has 0 aromatic heterocycles. The Morgan fingerprint density at radius 1 is 1.43 bits per heavy atom. The molecule has 1 aromatic carbocycles. The van der Waals surface area contributed by atoms with Gasteiger partial charge in [-0.2, -0.15) is 5.26 Å². The fourth-order valence-corrected chi connectivity index (χ4v) is 3.20. The van der Waals surface area contributed by atoms with Crippen LogP contribution in [-0.2, 0) is 16.0 Å². The second-order valence-electron chi connectivity index (χ2n) is 7.11. The molecular weight excluding hydrogens is 361 g/mol. The van der Waals surface area contributed by atoms with Gasteiger partial charge in [0.1, 0.15) is 17.2 Å². The van der Waals surface area contributed by atoms with Gasteiger partial charge in [0.2, 0.25) is 0 Å². The van der Waals surface area contributed by atoms with Crippen LogP contribution in [0.5, 0.6) is 0 Å². The van der Waals surface area contributed by atoms with Crippen molar-refractivity contribution >= 4 is 19.1 Å². The van der Waals surface area contributed by atoms with Crippen LogP contribution in [0.15, 0.2) is 42.5 Å². The third kappa shape index (κ3) is 5.84. The van der Waals surface area contributed by atoms with Crippen molar-refractivity contribution in [3.63, 3.8) is 0 Å². The normalized spacial score (nSPS) is 19.9. The first-order chi connectivity index (χ1) is 13.2. The van der Waals surface area contributed by atoms with Crippen molar-refractivity contribution in [2.45, 2.75) is 37.7 Å². The summed E-state index contributed by atoms with van der Waals surface area (Å²) in [5.74, 6) is -1.43. The number of alkyl carbamates (subject to hydrolysis) is 1. The lowest BCUT2D eigenvalue weighted by Gasteiger charge is -2.39. The lowest BCUT2D eigenvalue weighted by atomic mass is 9.76. The monoisotopic (exact) mass is 385 g/mol. The lowest BCUT2D eigenvalue weighted by molar-refractivity contribution is -0.133. The van der Waals surface area contributed by atoms with Gasteiger partial charge in [-0.05, 0) is 31.7 Å². The summed E-state index contributed by atoms with van der Waals surface area (Å²) in [7, 11) is -1.76. The summed E-state index contributed by atoms with van der Waals surface area (Å²) < 4.78 is 5.51. The number of carbonyl (C=O) groups excluding carboxylic acids is 2. The summed E-state index contributed by atoms with van der Waals surface area (Å²) >= 11 is 0. The third-order valence-electron chi connectivity index (χ3n) is 4.64. The SMILES string of the molecule is C=C(C#N)C(=O)N1CCC[C@@](C)(OC(=O)N[C@@H](Cc2ccccc2)B(O)O)C1. The quantitative estimate of drug-likeness (QED) is 0.378. The summed E-state index contributed by atoms with van der Waals surface area (Å²) in [5, 5.41) is 30.5. The molecule has 2 amide bonds. The topological polar surface area (TPSA) is 123 Å². The van der Waals surface area contributed by atoms with Gasteiger partial charge in [0.15, 0.2) is 0 Å². The van der Waals surface area contributed by atoms with E-state index in [1.807, 2.05) is 30.3 Å². The number of hydrogen-bond donors (Lipinski definition) is 3. The number of nitrogens with zero attached hydrogens (tertiary/aromatic N) is 2. The molecule has 0 spiro atoms. The van der Waals surface area contributed by atoms with Crippen LogP contribution in [0.25, 0.3) is 0 Å². The zero-order valence-corrected chi connectivity index (χ0v) is 15.8. The molecule has 1 aliphatic rings. The zero-order chi connectivity index (χ0) is 20.7. The average molecular weight is 385 g/mol. The van der Waals surface area contributed by atoms with E-state index in [9.17, 15) is 19.6 Å². The third-order valence-corrected chi connectivity index (χ3v) is 4.64. The summed E-state index contributed by atoms with van der Waals surface area (Å²) in [4.78, 5) is 25.9. The Morgan fingerprint density at radius 2 is 2.11 bits per heavy atom. The molecule has 1 saturated heterocycles. The van der Waals surface area contributed by atoms with E-state index in [0.717, 1.165) is 5.56 Å². The predicted octanol–water partition coefficient (Wildman–Crippen LogP) is 0.797. The van der Waals surface area contributed by atoms with Crippen LogP contribution in [-0.4, -0.2) is 58.7 Å². The molecule has 1 aliphatic heterocycles. The lowest BCUT2D eigenvalue weighted by Crippen LogP contribution is -2.54. The maximum atomic E-state index is 12.4. The molecule has 0 saturated carbocycles. The smallest absolute Gasteiger partial charge is 0.441 e. The molecule has 0 aliphatic carbocycles. The van der Waals surface area contributed by atoms with E-state index in [2.05, 4.69) is 11.9 Å². The van der Waals surface area contributed by atoms with Gasteiger partial charge in [0, 0.05) is 6.54 Å². The number of carbonyl (C=O) groups is 2. The van der Waals surface area contributed by atoms with E-state index in [4.69, 9.17) is 10.00 Å². The summed E-state index contributed by atoms with van der Waals surface area (Å²) in [6.07, 6.45) is 0.556. The maximum Gasteiger partial charge on any atom is 0.475 e. The Hall–Kier alpha value is -2.83. The van der Waals surface area contributed by atoms with Gasteiger partial charge in [-0.25, -0.2) is 4.79 Å². The molecule has 0 unspecified atom stereocenters. The van der Waals surface area contributed by atoms with Gasteiger partial charge in [0.05, 0.1) is 12.5 Å². The highest BCUT2D eigenvalue weighted by atomic mass is 16.6. The van der Waals surface area contributed by atoms with Crippen molar-refractivity contribution in [3.05, 3.63) is 48.0 Å². The van der Waals surface area contributed by atoms with Crippen molar-refractivity contribution in [3.8, 4) is 6.07 Å². The van der Waals surface area contributed by atoms with Gasteiger partial charge in [-0.15, -0.1) is 0 Å². The van der Waals surface area contributed by atoms with Crippen molar-refractivity contribution < 1.29 is 24.4 Å². The van der Waals surface area contributed by atoms with Crippen LogP contribution in [0.3, 0.4) is 0 Å². The highest BCUT2D eigenvalue weighted by molar-refractivity contribution is 6.43. The Bertz CT molecular complexity index is 765. The fraction of sp³-hybridized carbons (Fsp3) is 0.421. The Kier molecular flexibility index (Phi) is 7.21. The first kappa shape index (κ1) is 21.5. The number of nitrogens with one attached hydrogen (secondary N) is 1. The number of amides is 2. The van der Waals surface area contributed by atoms with Gasteiger partial charge in [-0.3, -0.25) is 4.79 Å². The maximum absolute atomic E-state index is 12.4. The van der Waals surface area contributed by atoms with E-state index < -0.39 is 30.7 Å². The van der Waals surface area contributed by atoms with Gasteiger partial charge in [-0.1, -0.05) is 36.9 Å². The second kappa shape index (κ2) is 9.40. The van der Waals surface area contributed by atoms with Crippen molar-refractivity contribution in [2.75, 3.05) is 13.1 Å². The number of hydrogen-bond acceptors (Lipinski definition) is 6. The molecule has 28 heavy (non-hydrogen) atoms. The molecular formula is C19H24BN3O5. The molecule has 8 nitrogen and oxygen atoms in total. The first-order valence-electron chi connectivity index (χ1n) is 9.02. The predicted molar refractivity (Wildman–Crippen MR) is 103 cm³/mol. The highest BCUT2D eigenvalue weighted by Gasteiger charge is 2.38. The number of ether oxygens (including phenoxy) is 1. The Morgan fingerprint density at radius 3 is 2.71 bits per heavy atom. The number of rotatable bonds is 6. The molecule has 2 atom stereocenters. The van der Waals surface area contributed by atoms with Crippen LogP contribution in [0, 0.1) is 11.3 Å². The second-order valence-corrected chi connectivity index (χ2v) is 7.11. The zero-order valence-electron chi connectivity index (χ0n) is 15.8. The van der Waals surface area contributed by atoms with Crippen LogP contribution >= 0.6 is 0 Å². The molecule has 2 rings (SSSR count). The van der Waals surface area contributed by atoms with E-state index >= 15 is 0 Å². The van der Waals surface area contributed by atoms with E-state index in [1.54, 1.807) is 13.0 Å². The molecule has 0 radical (unpaired) electrons. The van der Waals surface area contributed by atoms with E-state index in [-0.39, 0.29) is 18.5 Å². The van der Waals surface area contributed by atoms with E-state index in [1.165, 1.54) is 4.90 Å². The number of nitriles is 1. The molecule has 1 heterocycles. The van der Waals surface area contributed by atoms with Crippen molar-refractivity contribution in [1.29, 1.82) is 5.26 Å². The standard InChI is InChI=1S/C19H24BN3O5/c1-14(12-21)17(24)23-10-6-9-19(2,13-23)28-18(25)22-16(20(26)27)11-15-7-4-3-5-8-15/h3-5,7-8,16,26-27H,1,6,9-11,13H2,2H3,(H,22,25)/t16-,19+/m0/s1. The summed E-state index contributed by atoms with van der Waals surface area (Å²) in [5.41, 5.74) is -0.289. The minimum atomic E-state index is -1.76. The number of piperidine rings is 1.